The first kappa shape index (κ1) is 11.6. The Bertz CT molecular complexity index is 315. The lowest BCUT2D eigenvalue weighted by molar-refractivity contribution is 0.292. The molecule has 0 bridgehead atoms. The van der Waals surface area contributed by atoms with Crippen molar-refractivity contribution in [1.82, 2.24) is 0 Å². The van der Waals surface area contributed by atoms with Crippen LogP contribution in [0.15, 0.2) is 12.1 Å². The highest BCUT2D eigenvalue weighted by Crippen LogP contribution is 2.28. The maximum Gasteiger partial charge on any atom is 0.0641 e. The van der Waals surface area contributed by atoms with Gasteiger partial charge in [0, 0.05) is 18.2 Å². The lowest BCUT2D eigenvalue weighted by Gasteiger charge is -2.09. The van der Waals surface area contributed by atoms with Crippen LogP contribution in [0, 0.1) is 6.92 Å². The molecule has 2 nitrogen and oxygen atoms in total. The summed E-state index contributed by atoms with van der Waals surface area (Å²) in [6, 6.07) is 3.63. The molecule has 0 spiro atoms. The molecule has 0 aliphatic heterocycles. The second-order valence-corrected chi connectivity index (χ2v) is 3.90. The molecule has 4 heteroatoms. The summed E-state index contributed by atoms with van der Waals surface area (Å²) in [5.74, 6) is 0. The average molecular weight is 234 g/mol. The molecule has 2 N–H and O–H groups in total. The zero-order valence-electron chi connectivity index (χ0n) is 7.98. The van der Waals surface area contributed by atoms with E-state index in [1.165, 1.54) is 0 Å². The first-order valence-electron chi connectivity index (χ1n) is 4.45. The third-order valence-electron chi connectivity index (χ3n) is 1.90. The van der Waals surface area contributed by atoms with Crippen molar-refractivity contribution in [2.75, 3.05) is 18.5 Å². The van der Waals surface area contributed by atoms with Gasteiger partial charge in [0.15, 0.2) is 0 Å². The van der Waals surface area contributed by atoms with Crippen LogP contribution >= 0.6 is 23.2 Å². The summed E-state index contributed by atoms with van der Waals surface area (Å²) in [6.07, 6.45) is 0.696. The highest BCUT2D eigenvalue weighted by molar-refractivity contribution is 6.35. The molecule has 0 aliphatic carbocycles. The minimum Gasteiger partial charge on any atom is -0.396 e. The molecule has 0 saturated heterocycles. The van der Waals surface area contributed by atoms with E-state index in [9.17, 15) is 0 Å². The fourth-order valence-electron chi connectivity index (χ4n) is 1.08. The minimum atomic E-state index is 0.171. The van der Waals surface area contributed by atoms with Crippen molar-refractivity contribution in [1.29, 1.82) is 0 Å². The van der Waals surface area contributed by atoms with Crippen molar-refractivity contribution >= 4 is 28.9 Å². The van der Waals surface area contributed by atoms with Crippen molar-refractivity contribution in [2.24, 2.45) is 0 Å². The summed E-state index contributed by atoms with van der Waals surface area (Å²) < 4.78 is 0. The summed E-state index contributed by atoms with van der Waals surface area (Å²) in [5, 5.41) is 13.1. The van der Waals surface area contributed by atoms with Crippen LogP contribution in [0.1, 0.15) is 12.0 Å². The zero-order valence-corrected chi connectivity index (χ0v) is 9.49. The Balaban J connectivity index is 2.72. The Labute approximate surface area is 93.8 Å². The Hall–Kier alpha value is -0.440. The Morgan fingerprint density at radius 3 is 2.64 bits per heavy atom. The van der Waals surface area contributed by atoms with Crippen molar-refractivity contribution in [3.8, 4) is 0 Å². The van der Waals surface area contributed by atoms with Gasteiger partial charge in [-0.2, -0.15) is 0 Å². The number of hydrogen-bond donors (Lipinski definition) is 2. The molecule has 1 aromatic rings. The molecule has 0 atom stereocenters. The number of aliphatic hydroxyl groups is 1. The molecular weight excluding hydrogens is 221 g/mol. The minimum absolute atomic E-state index is 0.171. The molecular formula is C10H13Cl2NO. The van der Waals surface area contributed by atoms with Crippen molar-refractivity contribution in [3.05, 3.63) is 27.7 Å². The number of halogens is 2. The molecule has 1 rings (SSSR count). The Morgan fingerprint density at radius 1 is 1.29 bits per heavy atom. The van der Waals surface area contributed by atoms with Gasteiger partial charge < -0.3 is 10.4 Å². The third-order valence-corrected chi connectivity index (χ3v) is 2.62. The van der Waals surface area contributed by atoms with Gasteiger partial charge in [0.25, 0.3) is 0 Å². The van der Waals surface area contributed by atoms with Gasteiger partial charge in [-0.15, -0.1) is 0 Å². The van der Waals surface area contributed by atoms with E-state index in [1.54, 1.807) is 6.07 Å². The van der Waals surface area contributed by atoms with Crippen LogP contribution in [0.2, 0.25) is 10.0 Å². The first-order valence-corrected chi connectivity index (χ1v) is 5.21. The van der Waals surface area contributed by atoms with Gasteiger partial charge in [0.2, 0.25) is 0 Å². The Morgan fingerprint density at radius 2 is 2.00 bits per heavy atom. The molecule has 0 fully saturated rings. The predicted octanol–water partition coefficient (Wildman–Crippen LogP) is 3.10. The summed E-state index contributed by atoms with van der Waals surface area (Å²) in [6.45, 7) is 2.77. The highest BCUT2D eigenvalue weighted by atomic mass is 35.5. The fourth-order valence-corrected chi connectivity index (χ4v) is 1.53. The van der Waals surface area contributed by atoms with E-state index in [0.717, 1.165) is 11.3 Å². The van der Waals surface area contributed by atoms with Crippen LogP contribution in [0.3, 0.4) is 0 Å². The molecule has 1 aromatic carbocycles. The summed E-state index contributed by atoms with van der Waals surface area (Å²) >= 11 is 11.9. The van der Waals surface area contributed by atoms with Gasteiger partial charge in [0.1, 0.15) is 0 Å². The highest BCUT2D eigenvalue weighted by Gasteiger charge is 2.03. The molecule has 78 valence electrons. The third kappa shape index (κ3) is 3.05. The van der Waals surface area contributed by atoms with E-state index < -0.39 is 0 Å². The molecule has 14 heavy (non-hydrogen) atoms. The van der Waals surface area contributed by atoms with Crippen LogP contribution in [-0.2, 0) is 0 Å². The smallest absolute Gasteiger partial charge is 0.0641 e. The van der Waals surface area contributed by atoms with E-state index in [4.69, 9.17) is 28.3 Å². The number of hydrogen-bond acceptors (Lipinski definition) is 2. The number of aryl methyl sites for hydroxylation is 1. The number of anilines is 1. The predicted molar refractivity (Wildman–Crippen MR) is 61.4 cm³/mol. The normalized spacial score (nSPS) is 10.3. The fraction of sp³-hybridized carbons (Fsp3) is 0.400. The van der Waals surface area contributed by atoms with Crippen LogP contribution in [0.5, 0.6) is 0 Å². The second-order valence-electron chi connectivity index (χ2n) is 3.09. The molecule has 0 amide bonds. The first-order chi connectivity index (χ1) is 6.65. The van der Waals surface area contributed by atoms with Crippen LogP contribution in [-0.4, -0.2) is 18.3 Å². The second kappa shape index (κ2) is 5.44. The SMILES string of the molecule is Cc1cc(Cl)c(NCCCO)cc1Cl. The zero-order chi connectivity index (χ0) is 10.6. The van der Waals surface area contributed by atoms with Gasteiger partial charge in [-0.1, -0.05) is 23.2 Å². The van der Waals surface area contributed by atoms with Crippen molar-refractivity contribution in [3.63, 3.8) is 0 Å². The van der Waals surface area contributed by atoms with E-state index in [2.05, 4.69) is 5.32 Å². The number of rotatable bonds is 4. The van der Waals surface area contributed by atoms with Crippen LogP contribution in [0.4, 0.5) is 5.69 Å². The van der Waals surface area contributed by atoms with Gasteiger partial charge in [-0.25, -0.2) is 0 Å². The quantitative estimate of drug-likeness (QED) is 0.784. The maximum atomic E-state index is 8.61. The van der Waals surface area contributed by atoms with Crippen LogP contribution < -0.4 is 5.32 Å². The van der Waals surface area contributed by atoms with E-state index >= 15 is 0 Å². The summed E-state index contributed by atoms with van der Waals surface area (Å²) in [7, 11) is 0. The number of nitrogens with one attached hydrogen (secondary N) is 1. The van der Waals surface area contributed by atoms with Gasteiger partial charge in [0.05, 0.1) is 10.7 Å². The Kier molecular flexibility index (Phi) is 4.52. The van der Waals surface area contributed by atoms with E-state index in [-0.39, 0.29) is 6.61 Å². The monoisotopic (exact) mass is 233 g/mol. The molecule has 0 heterocycles. The lowest BCUT2D eigenvalue weighted by Crippen LogP contribution is -2.03. The van der Waals surface area contributed by atoms with Crippen molar-refractivity contribution in [2.45, 2.75) is 13.3 Å². The van der Waals surface area contributed by atoms with Crippen molar-refractivity contribution < 1.29 is 5.11 Å². The lowest BCUT2D eigenvalue weighted by atomic mass is 10.2. The van der Waals surface area contributed by atoms with Gasteiger partial charge in [-0.05, 0) is 31.0 Å². The molecule has 0 aromatic heterocycles. The molecule has 0 aliphatic rings. The largest absolute Gasteiger partial charge is 0.396 e. The number of benzene rings is 1. The summed E-state index contributed by atoms with van der Waals surface area (Å²) in [5.41, 5.74) is 1.78. The molecule has 0 radical (unpaired) electrons. The van der Waals surface area contributed by atoms with E-state index in [0.29, 0.717) is 23.0 Å². The average Bonchev–Trinajstić information content (AvgIpc) is 2.14. The summed E-state index contributed by atoms with van der Waals surface area (Å²) in [4.78, 5) is 0. The molecule has 0 saturated carbocycles. The topological polar surface area (TPSA) is 32.3 Å². The van der Waals surface area contributed by atoms with Crippen LogP contribution in [0.25, 0.3) is 0 Å². The van der Waals surface area contributed by atoms with Gasteiger partial charge in [-0.3, -0.25) is 0 Å². The van der Waals surface area contributed by atoms with E-state index in [1.807, 2.05) is 13.0 Å². The van der Waals surface area contributed by atoms with Gasteiger partial charge >= 0.3 is 0 Å². The molecule has 0 unspecified atom stereocenters. The number of aliphatic hydroxyl groups excluding tert-OH is 1. The standard InChI is InChI=1S/C10H13Cl2NO/c1-7-5-9(12)10(6-8(7)11)13-3-2-4-14/h5-6,13-14H,2-4H2,1H3. The maximum absolute atomic E-state index is 8.61.